The predicted molar refractivity (Wildman–Crippen MR) is 141 cm³/mol. The first kappa shape index (κ1) is 28.2. The summed E-state index contributed by atoms with van der Waals surface area (Å²) in [4.78, 5) is 24.3. The molecular weight excluding hydrogens is 519 g/mol. The van der Waals surface area contributed by atoms with Crippen molar-refractivity contribution in [2.75, 3.05) is 18.4 Å². The SMILES string of the molecule is CCC[CH2][Sn]([CH2]CCC)([CH2]CCC)[c]1cncc(N[C@@H]2CCCN(C(=O)OC(C)(C)C)C2)n1. The van der Waals surface area contributed by atoms with Crippen molar-refractivity contribution in [1.82, 2.24) is 14.9 Å². The summed E-state index contributed by atoms with van der Waals surface area (Å²) in [7, 11) is 0. The van der Waals surface area contributed by atoms with E-state index in [4.69, 9.17) is 9.72 Å². The van der Waals surface area contributed by atoms with E-state index in [1.54, 1.807) is 0 Å². The molecule has 1 aliphatic heterocycles. The summed E-state index contributed by atoms with van der Waals surface area (Å²) in [6, 6.07) is 0.183. The molecule has 1 fully saturated rings. The van der Waals surface area contributed by atoms with E-state index in [1.807, 2.05) is 31.9 Å². The third-order valence-electron chi connectivity index (χ3n) is 6.63. The summed E-state index contributed by atoms with van der Waals surface area (Å²) in [6.45, 7) is 14.1. The average molecular weight is 567 g/mol. The van der Waals surface area contributed by atoms with Gasteiger partial charge in [0.15, 0.2) is 0 Å². The van der Waals surface area contributed by atoms with E-state index in [0.717, 1.165) is 25.2 Å². The van der Waals surface area contributed by atoms with E-state index in [1.165, 1.54) is 55.5 Å². The van der Waals surface area contributed by atoms with Gasteiger partial charge in [-0.3, -0.25) is 0 Å². The van der Waals surface area contributed by atoms with Gasteiger partial charge in [0.1, 0.15) is 0 Å². The molecular formula is C26H48N4O2Sn. The van der Waals surface area contributed by atoms with Gasteiger partial charge in [-0.05, 0) is 0 Å². The molecule has 0 unspecified atom stereocenters. The quantitative estimate of drug-likeness (QED) is 0.299. The van der Waals surface area contributed by atoms with E-state index in [0.29, 0.717) is 6.54 Å². The minimum atomic E-state index is -2.61. The Kier molecular flexibility index (Phi) is 11.7. The molecule has 1 aliphatic rings. The summed E-state index contributed by atoms with van der Waals surface area (Å²) in [6.07, 6.45) is 13.5. The second-order valence-corrected chi connectivity index (χ2v) is 23.8. The Hall–Kier alpha value is -1.05. The Labute approximate surface area is 206 Å². The van der Waals surface area contributed by atoms with Gasteiger partial charge in [-0.25, -0.2) is 0 Å². The van der Waals surface area contributed by atoms with Gasteiger partial charge in [-0.2, -0.15) is 0 Å². The van der Waals surface area contributed by atoms with Crippen molar-refractivity contribution in [3.8, 4) is 0 Å². The van der Waals surface area contributed by atoms with Gasteiger partial charge in [0.2, 0.25) is 0 Å². The second kappa shape index (κ2) is 13.7. The van der Waals surface area contributed by atoms with Gasteiger partial charge in [-0.1, -0.05) is 0 Å². The number of aromatic nitrogens is 2. The molecule has 0 aliphatic carbocycles. The molecule has 0 saturated carbocycles. The third kappa shape index (κ3) is 9.25. The zero-order chi connectivity index (χ0) is 24.3. The number of amides is 1. The van der Waals surface area contributed by atoms with Crippen molar-refractivity contribution in [2.45, 2.75) is 118 Å². The molecule has 2 heterocycles. The number of hydrogen-bond acceptors (Lipinski definition) is 5. The molecule has 188 valence electrons. The molecule has 0 radical (unpaired) electrons. The minimum absolute atomic E-state index is 0.183. The molecule has 1 N–H and O–H groups in total. The predicted octanol–water partition coefficient (Wildman–Crippen LogP) is 6.34. The van der Waals surface area contributed by atoms with Crippen LogP contribution in [-0.2, 0) is 4.74 Å². The fourth-order valence-corrected chi connectivity index (χ4v) is 20.0. The van der Waals surface area contributed by atoms with Crippen molar-refractivity contribution in [2.24, 2.45) is 0 Å². The van der Waals surface area contributed by atoms with E-state index >= 15 is 0 Å². The van der Waals surface area contributed by atoms with E-state index < -0.39 is 24.0 Å². The van der Waals surface area contributed by atoms with Crippen LogP contribution in [0, 0.1) is 0 Å². The average Bonchev–Trinajstić information content (AvgIpc) is 2.78. The molecule has 33 heavy (non-hydrogen) atoms. The topological polar surface area (TPSA) is 67.4 Å². The monoisotopic (exact) mass is 568 g/mol. The standard InChI is InChI=1S/C14H21N4O2.3C4H9.Sn/c1-14(2,3)20-13(19)18-8-4-5-11(10-18)17-12-9-15-6-7-16-12;3*1-3-4-2;/h6,9,11H,4-5,8,10H2,1-3H3,(H,16,17);3*1,3-4H2,2H3;/t11-;;;;/m1..../s1. The maximum absolute atomic E-state index is 12.6. The van der Waals surface area contributed by atoms with Crippen LogP contribution in [0.25, 0.3) is 0 Å². The van der Waals surface area contributed by atoms with Crippen LogP contribution < -0.4 is 9.03 Å². The van der Waals surface area contributed by atoms with Crippen molar-refractivity contribution < 1.29 is 9.53 Å². The van der Waals surface area contributed by atoms with Crippen LogP contribution in [0.15, 0.2) is 12.4 Å². The molecule has 2 rings (SSSR count). The van der Waals surface area contributed by atoms with E-state index in [2.05, 4.69) is 37.3 Å². The zero-order valence-corrected chi connectivity index (χ0v) is 24.9. The molecule has 0 bridgehead atoms. The zero-order valence-electron chi connectivity index (χ0n) is 22.1. The first-order chi connectivity index (χ1) is 15.7. The van der Waals surface area contributed by atoms with Crippen molar-refractivity contribution in [3.05, 3.63) is 12.4 Å². The van der Waals surface area contributed by atoms with Gasteiger partial charge >= 0.3 is 207 Å². The molecule has 1 aromatic rings. The summed E-state index contributed by atoms with van der Waals surface area (Å²) < 4.78 is 11.1. The van der Waals surface area contributed by atoms with Crippen LogP contribution in [-0.4, -0.2) is 64.1 Å². The summed E-state index contributed by atoms with van der Waals surface area (Å²) in [5.74, 6) is 0.883. The maximum atomic E-state index is 12.6. The number of anilines is 1. The normalized spacial score (nSPS) is 17.2. The van der Waals surface area contributed by atoms with Gasteiger partial charge < -0.3 is 0 Å². The van der Waals surface area contributed by atoms with Crippen LogP contribution >= 0.6 is 0 Å². The van der Waals surface area contributed by atoms with E-state index in [9.17, 15) is 4.79 Å². The number of piperidine rings is 1. The van der Waals surface area contributed by atoms with Crippen LogP contribution in [0.1, 0.15) is 92.9 Å². The Morgan fingerprint density at radius 1 is 1.09 bits per heavy atom. The molecule has 1 aromatic heterocycles. The van der Waals surface area contributed by atoms with Crippen LogP contribution in [0.3, 0.4) is 0 Å². The Morgan fingerprint density at radius 3 is 2.24 bits per heavy atom. The van der Waals surface area contributed by atoms with E-state index in [-0.39, 0.29) is 12.1 Å². The number of unbranched alkanes of at least 4 members (excludes halogenated alkanes) is 3. The molecule has 0 aromatic carbocycles. The van der Waals surface area contributed by atoms with Crippen molar-refractivity contribution in [1.29, 1.82) is 0 Å². The molecule has 6 nitrogen and oxygen atoms in total. The molecule has 1 amide bonds. The summed E-state index contributed by atoms with van der Waals surface area (Å²) >= 11 is -2.61. The number of ether oxygens (including phenoxy) is 1. The summed E-state index contributed by atoms with van der Waals surface area (Å²) in [5.41, 5.74) is -0.469. The first-order valence-electron chi connectivity index (χ1n) is 13.3. The summed E-state index contributed by atoms with van der Waals surface area (Å²) in [5, 5.41) is 3.62. The Balaban J connectivity index is 2.17. The van der Waals surface area contributed by atoms with Gasteiger partial charge in [0.05, 0.1) is 0 Å². The van der Waals surface area contributed by atoms with Crippen LogP contribution in [0.2, 0.25) is 13.3 Å². The number of likely N-dealkylation sites (tertiary alicyclic amines) is 1. The van der Waals surface area contributed by atoms with Crippen LogP contribution in [0.4, 0.5) is 10.6 Å². The second-order valence-electron chi connectivity index (χ2n) is 10.8. The fraction of sp³-hybridized carbons (Fsp3) is 0.808. The molecule has 1 saturated heterocycles. The van der Waals surface area contributed by atoms with Crippen molar-refractivity contribution in [3.63, 3.8) is 0 Å². The third-order valence-corrected chi connectivity index (χ3v) is 21.6. The molecule has 7 heteroatoms. The Bertz CT molecular complexity index is 701. The number of hydrogen-bond donors (Lipinski definition) is 1. The number of carbonyl (C=O) groups excluding carboxylic acids is 1. The first-order valence-corrected chi connectivity index (χ1v) is 20.8. The number of rotatable bonds is 12. The number of carbonyl (C=O) groups is 1. The number of nitrogens with one attached hydrogen (secondary N) is 1. The van der Waals surface area contributed by atoms with Crippen LogP contribution in [0.5, 0.6) is 0 Å². The van der Waals surface area contributed by atoms with Gasteiger partial charge in [-0.15, -0.1) is 0 Å². The fourth-order valence-electron chi connectivity index (χ4n) is 4.79. The van der Waals surface area contributed by atoms with Gasteiger partial charge in [0, 0.05) is 0 Å². The Morgan fingerprint density at radius 2 is 1.70 bits per heavy atom. The van der Waals surface area contributed by atoms with Crippen molar-refractivity contribution >= 4 is 34.0 Å². The van der Waals surface area contributed by atoms with Gasteiger partial charge in [0.25, 0.3) is 0 Å². The number of nitrogens with zero attached hydrogens (tertiary/aromatic N) is 3. The molecule has 0 spiro atoms. The molecule has 1 atom stereocenters.